The lowest BCUT2D eigenvalue weighted by Gasteiger charge is -2.06. The van der Waals surface area contributed by atoms with E-state index in [1.165, 1.54) is 6.42 Å². The summed E-state index contributed by atoms with van der Waals surface area (Å²) in [6.45, 7) is 5.27. The van der Waals surface area contributed by atoms with Crippen molar-refractivity contribution in [2.75, 3.05) is 0 Å². The summed E-state index contributed by atoms with van der Waals surface area (Å²) >= 11 is 0. The van der Waals surface area contributed by atoms with Gasteiger partial charge in [0.2, 0.25) is 0 Å². The fraction of sp³-hybridized carbons (Fsp3) is 0.800. The zero-order valence-electron chi connectivity index (χ0n) is 8.77. The van der Waals surface area contributed by atoms with Crippen molar-refractivity contribution in [2.45, 2.75) is 45.8 Å². The van der Waals surface area contributed by atoms with Gasteiger partial charge in [-0.3, -0.25) is 0 Å². The van der Waals surface area contributed by atoms with Crippen molar-refractivity contribution in [3.05, 3.63) is 11.6 Å². The molecule has 1 aromatic heterocycles. The number of nitrogens with zero attached hydrogens (tertiary/aromatic N) is 3. The van der Waals surface area contributed by atoms with Crippen LogP contribution < -0.4 is 0 Å². The Kier molecular flexibility index (Phi) is 2.54. The molecule has 2 unspecified atom stereocenters. The predicted octanol–water partition coefficient (Wildman–Crippen LogP) is 1.30. The Labute approximate surface area is 84.0 Å². The molecule has 1 N–H and O–H groups in total. The molecule has 0 bridgehead atoms. The molecule has 0 aliphatic heterocycles. The van der Waals surface area contributed by atoms with Crippen molar-refractivity contribution >= 4 is 0 Å². The van der Waals surface area contributed by atoms with Crippen molar-refractivity contribution in [3.8, 4) is 0 Å². The Morgan fingerprint density at radius 2 is 2.21 bits per heavy atom. The third-order valence-electron chi connectivity index (χ3n) is 2.89. The SMILES string of the molecule is CCCn1c(CO)nnc1C1CC1C. The summed E-state index contributed by atoms with van der Waals surface area (Å²) in [6, 6.07) is 0. The highest BCUT2D eigenvalue weighted by atomic mass is 16.3. The zero-order chi connectivity index (χ0) is 10.1. The largest absolute Gasteiger partial charge is 0.388 e. The first-order valence-corrected chi connectivity index (χ1v) is 5.30. The maximum absolute atomic E-state index is 9.10. The van der Waals surface area contributed by atoms with Gasteiger partial charge in [-0.15, -0.1) is 10.2 Å². The van der Waals surface area contributed by atoms with Crippen LogP contribution in [0, 0.1) is 5.92 Å². The van der Waals surface area contributed by atoms with E-state index in [-0.39, 0.29) is 6.61 Å². The van der Waals surface area contributed by atoms with E-state index in [9.17, 15) is 0 Å². The molecule has 0 radical (unpaired) electrons. The standard InChI is InChI=1S/C10H17N3O/c1-3-4-13-9(6-14)11-12-10(13)8-5-7(8)2/h7-8,14H,3-6H2,1-2H3. The maximum Gasteiger partial charge on any atom is 0.158 e. The molecule has 78 valence electrons. The van der Waals surface area contributed by atoms with E-state index in [2.05, 4.69) is 28.6 Å². The molecule has 0 aromatic carbocycles. The van der Waals surface area contributed by atoms with Gasteiger partial charge in [0.05, 0.1) is 0 Å². The van der Waals surface area contributed by atoms with Gasteiger partial charge in [-0.2, -0.15) is 0 Å². The van der Waals surface area contributed by atoms with Crippen molar-refractivity contribution in [2.24, 2.45) is 5.92 Å². The molecule has 1 saturated carbocycles. The van der Waals surface area contributed by atoms with E-state index in [1.54, 1.807) is 0 Å². The predicted molar refractivity (Wildman–Crippen MR) is 52.8 cm³/mol. The van der Waals surface area contributed by atoms with Crippen LogP contribution in [0.3, 0.4) is 0 Å². The van der Waals surface area contributed by atoms with Crippen molar-refractivity contribution in [1.82, 2.24) is 14.8 Å². The molecule has 1 aliphatic rings. The Balaban J connectivity index is 2.25. The average Bonchev–Trinajstić information content (AvgIpc) is 2.77. The summed E-state index contributed by atoms with van der Waals surface area (Å²) in [6.07, 6.45) is 2.27. The molecule has 1 aromatic rings. The molecule has 1 aliphatic carbocycles. The molecule has 1 heterocycles. The highest BCUT2D eigenvalue weighted by molar-refractivity contribution is 5.11. The minimum Gasteiger partial charge on any atom is -0.388 e. The van der Waals surface area contributed by atoms with Crippen LogP contribution in [-0.2, 0) is 13.2 Å². The Morgan fingerprint density at radius 1 is 1.50 bits per heavy atom. The van der Waals surface area contributed by atoms with Crippen molar-refractivity contribution in [3.63, 3.8) is 0 Å². The van der Waals surface area contributed by atoms with E-state index < -0.39 is 0 Å². The fourth-order valence-corrected chi connectivity index (χ4v) is 1.89. The molecule has 0 spiro atoms. The first-order chi connectivity index (χ1) is 6.77. The molecular weight excluding hydrogens is 178 g/mol. The van der Waals surface area contributed by atoms with Gasteiger partial charge in [0, 0.05) is 12.5 Å². The van der Waals surface area contributed by atoms with E-state index >= 15 is 0 Å². The van der Waals surface area contributed by atoms with Crippen LogP contribution >= 0.6 is 0 Å². The molecule has 0 saturated heterocycles. The van der Waals surface area contributed by atoms with Crippen LogP contribution in [-0.4, -0.2) is 19.9 Å². The van der Waals surface area contributed by atoms with Gasteiger partial charge in [0.25, 0.3) is 0 Å². The highest BCUT2D eigenvalue weighted by Crippen LogP contribution is 2.46. The summed E-state index contributed by atoms with van der Waals surface area (Å²) in [5.41, 5.74) is 0. The van der Waals surface area contributed by atoms with E-state index in [0.29, 0.717) is 11.7 Å². The third kappa shape index (κ3) is 1.54. The molecule has 2 rings (SSSR count). The van der Waals surface area contributed by atoms with E-state index in [1.807, 2.05) is 0 Å². The number of hydrogen-bond acceptors (Lipinski definition) is 3. The Hall–Kier alpha value is -0.900. The average molecular weight is 195 g/mol. The lowest BCUT2D eigenvalue weighted by Crippen LogP contribution is -2.07. The molecule has 1 fully saturated rings. The molecule has 4 heteroatoms. The maximum atomic E-state index is 9.10. The van der Waals surface area contributed by atoms with Gasteiger partial charge in [-0.1, -0.05) is 13.8 Å². The van der Waals surface area contributed by atoms with Gasteiger partial charge >= 0.3 is 0 Å². The minimum atomic E-state index is -0.00585. The molecule has 0 amide bonds. The quantitative estimate of drug-likeness (QED) is 0.788. The number of rotatable bonds is 4. The number of aliphatic hydroxyl groups excluding tert-OH is 1. The minimum absolute atomic E-state index is 0.00585. The third-order valence-corrected chi connectivity index (χ3v) is 2.89. The monoisotopic (exact) mass is 195 g/mol. The second kappa shape index (κ2) is 3.69. The summed E-state index contributed by atoms with van der Waals surface area (Å²) < 4.78 is 2.08. The summed E-state index contributed by atoms with van der Waals surface area (Å²) in [5.74, 6) is 3.10. The lowest BCUT2D eigenvalue weighted by atomic mass is 10.3. The fourth-order valence-electron chi connectivity index (χ4n) is 1.89. The van der Waals surface area contributed by atoms with Crippen LogP contribution in [0.2, 0.25) is 0 Å². The van der Waals surface area contributed by atoms with Gasteiger partial charge in [0.1, 0.15) is 12.4 Å². The molecule has 4 nitrogen and oxygen atoms in total. The zero-order valence-corrected chi connectivity index (χ0v) is 8.77. The normalized spacial score (nSPS) is 25.4. The van der Waals surface area contributed by atoms with Gasteiger partial charge in [-0.25, -0.2) is 0 Å². The topological polar surface area (TPSA) is 50.9 Å². The van der Waals surface area contributed by atoms with E-state index in [0.717, 1.165) is 24.7 Å². The summed E-state index contributed by atoms with van der Waals surface area (Å²) in [4.78, 5) is 0. The van der Waals surface area contributed by atoms with Crippen LogP contribution in [0.25, 0.3) is 0 Å². The highest BCUT2D eigenvalue weighted by Gasteiger charge is 2.38. The molecule has 14 heavy (non-hydrogen) atoms. The number of aromatic nitrogens is 3. The number of hydrogen-bond donors (Lipinski definition) is 1. The second-order valence-electron chi connectivity index (χ2n) is 4.10. The molecular formula is C10H17N3O. The van der Waals surface area contributed by atoms with Crippen LogP contribution in [0.15, 0.2) is 0 Å². The van der Waals surface area contributed by atoms with E-state index in [4.69, 9.17) is 5.11 Å². The van der Waals surface area contributed by atoms with Crippen LogP contribution in [0.4, 0.5) is 0 Å². The van der Waals surface area contributed by atoms with Crippen LogP contribution in [0.1, 0.15) is 44.3 Å². The van der Waals surface area contributed by atoms with Crippen molar-refractivity contribution < 1.29 is 5.11 Å². The Morgan fingerprint density at radius 3 is 2.71 bits per heavy atom. The van der Waals surface area contributed by atoms with Crippen LogP contribution in [0.5, 0.6) is 0 Å². The van der Waals surface area contributed by atoms with Gasteiger partial charge < -0.3 is 9.67 Å². The first kappa shape index (κ1) is 9.65. The summed E-state index contributed by atoms with van der Waals surface area (Å²) in [7, 11) is 0. The Bertz CT molecular complexity index is 321. The second-order valence-corrected chi connectivity index (χ2v) is 4.10. The summed E-state index contributed by atoms with van der Waals surface area (Å²) in [5, 5.41) is 17.3. The molecule has 2 atom stereocenters. The smallest absolute Gasteiger partial charge is 0.158 e. The number of aliphatic hydroxyl groups is 1. The lowest BCUT2D eigenvalue weighted by molar-refractivity contribution is 0.264. The van der Waals surface area contributed by atoms with Gasteiger partial charge in [-0.05, 0) is 18.8 Å². The van der Waals surface area contributed by atoms with Gasteiger partial charge in [0.15, 0.2) is 5.82 Å². The first-order valence-electron chi connectivity index (χ1n) is 5.30. The van der Waals surface area contributed by atoms with Crippen molar-refractivity contribution in [1.29, 1.82) is 0 Å².